The van der Waals surface area contributed by atoms with Crippen molar-refractivity contribution in [2.75, 3.05) is 12.8 Å². The normalized spacial score (nSPS) is 11.1. The fourth-order valence-corrected chi connectivity index (χ4v) is 2.51. The molecule has 0 saturated carbocycles. The van der Waals surface area contributed by atoms with E-state index in [1.54, 1.807) is 13.3 Å². The van der Waals surface area contributed by atoms with Gasteiger partial charge in [-0.3, -0.25) is 4.68 Å². The molecule has 2 aromatic heterocycles. The van der Waals surface area contributed by atoms with Gasteiger partial charge in [-0.15, -0.1) is 0 Å². The SMILES string of the molecule is COc1ccc2c(CCn3cc(N)cn3)cn(C)c2c1. The Kier molecular flexibility index (Phi) is 3.10. The lowest BCUT2D eigenvalue weighted by Crippen LogP contribution is -2.01. The van der Waals surface area contributed by atoms with Crippen molar-refractivity contribution in [1.82, 2.24) is 14.3 Å². The van der Waals surface area contributed by atoms with Crippen LogP contribution in [0.25, 0.3) is 10.9 Å². The zero-order valence-corrected chi connectivity index (χ0v) is 11.7. The fourth-order valence-electron chi connectivity index (χ4n) is 2.51. The Morgan fingerprint density at radius 3 is 2.85 bits per heavy atom. The molecule has 0 aliphatic rings. The molecule has 3 aromatic rings. The van der Waals surface area contributed by atoms with Gasteiger partial charge in [-0.1, -0.05) is 0 Å². The topological polar surface area (TPSA) is 58.0 Å². The van der Waals surface area contributed by atoms with E-state index < -0.39 is 0 Å². The number of hydrogen-bond acceptors (Lipinski definition) is 3. The molecule has 0 atom stereocenters. The summed E-state index contributed by atoms with van der Waals surface area (Å²) in [7, 11) is 3.74. The molecule has 0 aliphatic heterocycles. The highest BCUT2D eigenvalue weighted by Crippen LogP contribution is 2.25. The molecule has 0 aliphatic carbocycles. The molecule has 0 amide bonds. The van der Waals surface area contributed by atoms with Crippen LogP contribution in [-0.2, 0) is 20.0 Å². The minimum Gasteiger partial charge on any atom is -0.497 e. The second-order valence-electron chi connectivity index (χ2n) is 4.94. The lowest BCUT2D eigenvalue weighted by atomic mass is 10.1. The number of rotatable bonds is 4. The minimum atomic E-state index is 0.702. The summed E-state index contributed by atoms with van der Waals surface area (Å²) in [6.45, 7) is 0.822. The van der Waals surface area contributed by atoms with Crippen LogP contribution in [0.3, 0.4) is 0 Å². The summed E-state index contributed by atoms with van der Waals surface area (Å²) in [6, 6.07) is 6.17. The van der Waals surface area contributed by atoms with Crippen molar-refractivity contribution in [3.63, 3.8) is 0 Å². The molecule has 0 bridgehead atoms. The van der Waals surface area contributed by atoms with Gasteiger partial charge in [0, 0.05) is 37.4 Å². The molecule has 2 heterocycles. The van der Waals surface area contributed by atoms with Gasteiger partial charge in [-0.25, -0.2) is 0 Å². The zero-order chi connectivity index (χ0) is 14.1. The number of aryl methyl sites for hydroxylation is 3. The lowest BCUT2D eigenvalue weighted by molar-refractivity contribution is 0.415. The second-order valence-corrected chi connectivity index (χ2v) is 4.94. The van der Waals surface area contributed by atoms with Crippen LogP contribution in [0.2, 0.25) is 0 Å². The van der Waals surface area contributed by atoms with Gasteiger partial charge in [0.1, 0.15) is 5.75 Å². The molecule has 104 valence electrons. The quantitative estimate of drug-likeness (QED) is 0.790. The first-order chi connectivity index (χ1) is 9.67. The van der Waals surface area contributed by atoms with Crippen LogP contribution >= 0.6 is 0 Å². The monoisotopic (exact) mass is 270 g/mol. The number of anilines is 1. The Hall–Kier alpha value is -2.43. The Bertz CT molecular complexity index is 741. The van der Waals surface area contributed by atoms with Crippen LogP contribution in [-0.4, -0.2) is 21.5 Å². The highest BCUT2D eigenvalue weighted by molar-refractivity contribution is 5.85. The molecule has 3 rings (SSSR count). The first kappa shape index (κ1) is 12.6. The Morgan fingerprint density at radius 1 is 1.30 bits per heavy atom. The maximum absolute atomic E-state index is 5.67. The van der Waals surface area contributed by atoms with Crippen LogP contribution in [0.1, 0.15) is 5.56 Å². The highest BCUT2D eigenvalue weighted by Gasteiger charge is 2.08. The van der Waals surface area contributed by atoms with Gasteiger partial charge in [0.05, 0.1) is 24.5 Å². The summed E-state index contributed by atoms with van der Waals surface area (Å²) in [5.41, 5.74) is 8.86. The fraction of sp³-hybridized carbons (Fsp3) is 0.267. The number of ether oxygens (including phenoxy) is 1. The predicted octanol–water partition coefficient (Wildman–Crippen LogP) is 2.21. The van der Waals surface area contributed by atoms with Gasteiger partial charge in [0.15, 0.2) is 0 Å². The van der Waals surface area contributed by atoms with Crippen molar-refractivity contribution in [1.29, 1.82) is 0 Å². The van der Waals surface area contributed by atoms with Crippen molar-refractivity contribution in [2.24, 2.45) is 7.05 Å². The Balaban J connectivity index is 1.88. The molecule has 0 saturated heterocycles. The third kappa shape index (κ3) is 2.22. The molecule has 5 nitrogen and oxygen atoms in total. The van der Waals surface area contributed by atoms with E-state index in [4.69, 9.17) is 10.5 Å². The minimum absolute atomic E-state index is 0.702. The summed E-state index contributed by atoms with van der Waals surface area (Å²) in [6.07, 6.45) is 6.61. The van der Waals surface area contributed by atoms with E-state index in [9.17, 15) is 0 Å². The van der Waals surface area contributed by atoms with Crippen LogP contribution in [0.15, 0.2) is 36.8 Å². The summed E-state index contributed by atoms with van der Waals surface area (Å²) in [4.78, 5) is 0. The summed E-state index contributed by atoms with van der Waals surface area (Å²) in [5, 5.41) is 5.47. The maximum Gasteiger partial charge on any atom is 0.120 e. The van der Waals surface area contributed by atoms with E-state index in [0.717, 1.165) is 18.7 Å². The van der Waals surface area contributed by atoms with Crippen molar-refractivity contribution in [3.05, 3.63) is 42.4 Å². The van der Waals surface area contributed by atoms with Crippen LogP contribution < -0.4 is 10.5 Å². The van der Waals surface area contributed by atoms with Crippen molar-refractivity contribution >= 4 is 16.6 Å². The van der Waals surface area contributed by atoms with E-state index in [0.29, 0.717) is 5.69 Å². The molecule has 2 N–H and O–H groups in total. The molecule has 0 unspecified atom stereocenters. The molecule has 0 spiro atoms. The number of nitrogens with two attached hydrogens (primary N) is 1. The average molecular weight is 270 g/mol. The number of fused-ring (bicyclic) bond motifs is 1. The molecular formula is C15H18N4O. The summed E-state index contributed by atoms with van der Waals surface area (Å²) < 4.78 is 9.28. The third-order valence-corrected chi connectivity index (χ3v) is 3.54. The standard InChI is InChI=1S/C15H18N4O/c1-18-9-11(5-6-19-10-12(16)8-17-19)14-4-3-13(20-2)7-15(14)18/h3-4,7-10H,5-6,16H2,1-2H3. The number of nitrogen functional groups attached to an aromatic ring is 1. The molecular weight excluding hydrogens is 252 g/mol. The van der Waals surface area contributed by atoms with Gasteiger partial charge >= 0.3 is 0 Å². The van der Waals surface area contributed by atoms with E-state index in [1.807, 2.05) is 16.9 Å². The van der Waals surface area contributed by atoms with Gasteiger partial charge in [0.25, 0.3) is 0 Å². The van der Waals surface area contributed by atoms with Crippen molar-refractivity contribution in [2.45, 2.75) is 13.0 Å². The molecule has 5 heteroatoms. The maximum atomic E-state index is 5.67. The van der Waals surface area contributed by atoms with Crippen molar-refractivity contribution in [3.8, 4) is 5.75 Å². The number of hydrogen-bond donors (Lipinski definition) is 1. The van der Waals surface area contributed by atoms with Gasteiger partial charge < -0.3 is 15.0 Å². The summed E-state index contributed by atoms with van der Waals surface area (Å²) in [5.74, 6) is 0.880. The highest BCUT2D eigenvalue weighted by atomic mass is 16.5. The lowest BCUT2D eigenvalue weighted by Gasteiger charge is -2.02. The van der Waals surface area contributed by atoms with Crippen LogP contribution in [0, 0.1) is 0 Å². The number of methoxy groups -OCH3 is 1. The van der Waals surface area contributed by atoms with E-state index in [1.165, 1.54) is 16.5 Å². The van der Waals surface area contributed by atoms with E-state index in [-0.39, 0.29) is 0 Å². The van der Waals surface area contributed by atoms with Crippen LogP contribution in [0.5, 0.6) is 5.75 Å². The molecule has 0 radical (unpaired) electrons. The van der Waals surface area contributed by atoms with Gasteiger partial charge in [-0.2, -0.15) is 5.10 Å². The van der Waals surface area contributed by atoms with E-state index >= 15 is 0 Å². The molecule has 0 fully saturated rings. The third-order valence-electron chi connectivity index (χ3n) is 3.54. The summed E-state index contributed by atoms with van der Waals surface area (Å²) >= 11 is 0. The number of nitrogens with zero attached hydrogens (tertiary/aromatic N) is 3. The van der Waals surface area contributed by atoms with Gasteiger partial charge in [-0.05, 0) is 24.1 Å². The number of benzene rings is 1. The average Bonchev–Trinajstić information content (AvgIpc) is 3.00. The Labute approximate surface area is 117 Å². The van der Waals surface area contributed by atoms with Gasteiger partial charge in [0.2, 0.25) is 0 Å². The molecule has 1 aromatic carbocycles. The molecule has 20 heavy (non-hydrogen) atoms. The number of aromatic nitrogens is 3. The smallest absolute Gasteiger partial charge is 0.120 e. The van der Waals surface area contributed by atoms with E-state index in [2.05, 4.69) is 35.0 Å². The first-order valence-electron chi connectivity index (χ1n) is 6.57. The largest absolute Gasteiger partial charge is 0.497 e. The predicted molar refractivity (Wildman–Crippen MR) is 79.8 cm³/mol. The van der Waals surface area contributed by atoms with Crippen molar-refractivity contribution < 1.29 is 4.74 Å². The first-order valence-corrected chi connectivity index (χ1v) is 6.57. The van der Waals surface area contributed by atoms with Crippen LogP contribution in [0.4, 0.5) is 5.69 Å². The zero-order valence-electron chi connectivity index (χ0n) is 11.7. The Morgan fingerprint density at radius 2 is 2.15 bits per heavy atom. The second kappa shape index (κ2) is 4.92.